The summed E-state index contributed by atoms with van der Waals surface area (Å²) in [5, 5.41) is 0. The lowest BCUT2D eigenvalue weighted by atomic mass is 9.79. The third-order valence-corrected chi connectivity index (χ3v) is 9.52. The van der Waals surface area contributed by atoms with Gasteiger partial charge in [-0.15, -0.1) is 0 Å². The number of benzene rings is 4. The van der Waals surface area contributed by atoms with Crippen LogP contribution in [0.1, 0.15) is 58.2 Å². The molecule has 0 spiro atoms. The number of aromatic nitrogens is 3. The summed E-state index contributed by atoms with van der Waals surface area (Å²) in [5.74, 6) is 0.841. The fourth-order valence-electron chi connectivity index (χ4n) is 6.66. The van der Waals surface area contributed by atoms with E-state index in [1.807, 2.05) is 12.1 Å². The molecule has 4 aromatic carbocycles. The summed E-state index contributed by atoms with van der Waals surface area (Å²) in [4.78, 5) is 10.5. The maximum absolute atomic E-state index is 5.96. The van der Waals surface area contributed by atoms with Gasteiger partial charge >= 0.3 is 0 Å². The average Bonchev–Trinajstić information content (AvgIpc) is 3.51. The van der Waals surface area contributed by atoms with Gasteiger partial charge in [-0.3, -0.25) is 4.40 Å². The van der Waals surface area contributed by atoms with Gasteiger partial charge in [0.15, 0.2) is 0 Å². The van der Waals surface area contributed by atoms with Crippen molar-refractivity contribution in [3.8, 4) is 61.9 Å². The maximum atomic E-state index is 5.96. The third kappa shape index (κ3) is 6.34. The van der Waals surface area contributed by atoms with Crippen LogP contribution < -0.4 is 4.74 Å². The highest BCUT2D eigenvalue weighted by Gasteiger charge is 2.23. The molecule has 0 fully saturated rings. The number of methoxy groups -OCH3 is 1. The van der Waals surface area contributed by atoms with Crippen LogP contribution in [0.5, 0.6) is 5.75 Å². The van der Waals surface area contributed by atoms with Crippen molar-refractivity contribution in [2.45, 2.75) is 59.3 Å². The van der Waals surface area contributed by atoms with E-state index in [0.29, 0.717) is 0 Å². The summed E-state index contributed by atoms with van der Waals surface area (Å²) in [7, 11) is 1.74. The molecule has 3 aromatic heterocycles. The molecule has 4 heteroatoms. The van der Waals surface area contributed by atoms with E-state index in [1.54, 1.807) is 7.11 Å². The number of fused-ring (bicyclic) bond motifs is 1. The van der Waals surface area contributed by atoms with Gasteiger partial charge < -0.3 is 4.74 Å². The van der Waals surface area contributed by atoms with Gasteiger partial charge in [-0.25, -0.2) is 9.97 Å². The Balaban J connectivity index is 1.46. The quantitative estimate of drug-likeness (QED) is 0.179. The first-order valence-electron chi connectivity index (χ1n) is 17.4. The first-order valence-corrected chi connectivity index (χ1v) is 17.4. The molecule has 0 aliphatic rings. The van der Waals surface area contributed by atoms with Crippen molar-refractivity contribution >= 4 is 5.65 Å². The SMILES string of the molecule is COc1c(C)cccc1-c1cc(-c2cc(C(C)(C)C)cc(C(C)(C)C)c2)cc(-c2cccc(-c3nc4ccccn4c3-c3ccccc3)c2)n1. The molecule has 0 N–H and O–H groups in total. The predicted molar refractivity (Wildman–Crippen MR) is 209 cm³/mol. The van der Waals surface area contributed by atoms with Gasteiger partial charge in [0.2, 0.25) is 0 Å². The molecule has 0 amide bonds. The minimum Gasteiger partial charge on any atom is -0.496 e. The van der Waals surface area contributed by atoms with E-state index in [0.717, 1.165) is 67.6 Å². The van der Waals surface area contributed by atoms with Crippen LogP contribution in [-0.4, -0.2) is 21.5 Å². The molecule has 50 heavy (non-hydrogen) atoms. The normalized spacial score (nSPS) is 12.0. The lowest BCUT2D eigenvalue weighted by Gasteiger charge is -2.26. The lowest BCUT2D eigenvalue weighted by molar-refractivity contribution is 0.413. The van der Waals surface area contributed by atoms with Gasteiger partial charge in [0.25, 0.3) is 0 Å². The zero-order valence-electron chi connectivity index (χ0n) is 30.4. The molecule has 0 saturated carbocycles. The van der Waals surface area contributed by atoms with Crippen LogP contribution in [0.4, 0.5) is 0 Å². The van der Waals surface area contributed by atoms with Gasteiger partial charge in [0.1, 0.15) is 11.4 Å². The van der Waals surface area contributed by atoms with Crippen LogP contribution in [0.3, 0.4) is 0 Å². The van der Waals surface area contributed by atoms with Crippen LogP contribution in [0.2, 0.25) is 0 Å². The summed E-state index contributed by atoms with van der Waals surface area (Å²) < 4.78 is 8.13. The van der Waals surface area contributed by atoms with Gasteiger partial charge in [-0.2, -0.15) is 0 Å². The first-order chi connectivity index (χ1) is 23.9. The van der Waals surface area contributed by atoms with Crippen LogP contribution in [-0.2, 0) is 10.8 Å². The molecule has 0 saturated heterocycles. The van der Waals surface area contributed by atoms with Gasteiger partial charge in [0, 0.05) is 28.5 Å². The Labute approximate surface area is 296 Å². The van der Waals surface area contributed by atoms with Crippen molar-refractivity contribution in [2.75, 3.05) is 7.11 Å². The summed E-state index contributed by atoms with van der Waals surface area (Å²) in [6.45, 7) is 15.8. The van der Waals surface area contributed by atoms with Crippen molar-refractivity contribution in [3.63, 3.8) is 0 Å². The minimum atomic E-state index is -0.00660. The van der Waals surface area contributed by atoms with E-state index < -0.39 is 0 Å². The molecular weight excluding hydrogens is 611 g/mol. The fraction of sp³-hybridized carbons (Fsp3) is 0.217. The van der Waals surface area contributed by atoms with E-state index in [4.69, 9.17) is 14.7 Å². The molecule has 250 valence electrons. The fourth-order valence-corrected chi connectivity index (χ4v) is 6.66. The number of imidazole rings is 1. The highest BCUT2D eigenvalue weighted by molar-refractivity contribution is 5.85. The van der Waals surface area contributed by atoms with Crippen molar-refractivity contribution < 1.29 is 4.74 Å². The second-order valence-electron chi connectivity index (χ2n) is 15.3. The van der Waals surface area contributed by atoms with E-state index in [1.165, 1.54) is 16.7 Å². The van der Waals surface area contributed by atoms with Gasteiger partial charge in [-0.05, 0) is 82.0 Å². The molecule has 0 bridgehead atoms. The predicted octanol–water partition coefficient (Wildman–Crippen LogP) is 12.0. The minimum absolute atomic E-state index is 0.00660. The summed E-state index contributed by atoms with van der Waals surface area (Å²) in [6.07, 6.45) is 2.09. The van der Waals surface area contributed by atoms with Crippen LogP contribution in [0.25, 0.3) is 61.8 Å². The molecule has 0 unspecified atom stereocenters. The molecule has 0 aliphatic heterocycles. The summed E-state index contributed by atoms with van der Waals surface area (Å²) in [5.41, 5.74) is 14.8. The lowest BCUT2D eigenvalue weighted by Crippen LogP contribution is -2.16. The second-order valence-corrected chi connectivity index (χ2v) is 15.3. The van der Waals surface area contributed by atoms with Gasteiger partial charge in [-0.1, -0.05) is 126 Å². The van der Waals surface area contributed by atoms with Crippen LogP contribution in [0, 0.1) is 6.92 Å². The molecule has 7 aromatic rings. The smallest absolute Gasteiger partial charge is 0.137 e. The van der Waals surface area contributed by atoms with Crippen molar-refractivity contribution in [1.29, 1.82) is 0 Å². The van der Waals surface area contributed by atoms with Crippen molar-refractivity contribution in [2.24, 2.45) is 0 Å². The summed E-state index contributed by atoms with van der Waals surface area (Å²) >= 11 is 0. The molecule has 0 atom stereocenters. The number of ether oxygens (including phenoxy) is 1. The maximum Gasteiger partial charge on any atom is 0.137 e. The standard InChI is InChI=1S/C46H45N3O/c1-30-16-14-21-38(44(30)50-8)40-28-35(34-25-36(45(2,3)4)29-37(26-34)46(5,6)7)27-39(47-40)32-19-15-20-33(24-32)42-43(31-17-10-9-11-18-31)49-23-13-12-22-41(49)48-42/h9-29H,1-8H3. The average molecular weight is 656 g/mol. The zero-order valence-corrected chi connectivity index (χ0v) is 30.4. The van der Waals surface area contributed by atoms with Crippen LogP contribution >= 0.6 is 0 Å². The van der Waals surface area contributed by atoms with Crippen LogP contribution in [0.15, 0.2) is 128 Å². The molecular formula is C46H45N3O. The number of aryl methyl sites for hydroxylation is 1. The topological polar surface area (TPSA) is 39.4 Å². The van der Waals surface area contributed by atoms with E-state index >= 15 is 0 Å². The molecule has 4 nitrogen and oxygen atoms in total. The Morgan fingerprint density at radius 2 is 1.16 bits per heavy atom. The Morgan fingerprint density at radius 1 is 0.540 bits per heavy atom. The number of hydrogen-bond donors (Lipinski definition) is 0. The van der Waals surface area contributed by atoms with E-state index in [2.05, 4.69) is 168 Å². The van der Waals surface area contributed by atoms with Gasteiger partial charge in [0.05, 0.1) is 29.9 Å². The largest absolute Gasteiger partial charge is 0.496 e. The van der Waals surface area contributed by atoms with E-state index in [-0.39, 0.29) is 10.8 Å². The zero-order chi connectivity index (χ0) is 35.2. The molecule has 7 rings (SSSR count). The molecule has 0 aliphatic carbocycles. The van der Waals surface area contributed by atoms with Crippen molar-refractivity contribution in [1.82, 2.24) is 14.4 Å². The van der Waals surface area contributed by atoms with Crippen molar-refractivity contribution in [3.05, 3.63) is 144 Å². The monoisotopic (exact) mass is 655 g/mol. The number of para-hydroxylation sites is 1. The number of rotatable bonds is 6. The Hall–Kier alpha value is -5.48. The third-order valence-electron chi connectivity index (χ3n) is 9.52. The molecule has 3 heterocycles. The Morgan fingerprint density at radius 3 is 1.86 bits per heavy atom. The Bertz CT molecular complexity index is 2300. The van der Waals surface area contributed by atoms with E-state index in [9.17, 15) is 0 Å². The number of nitrogens with zero attached hydrogens (tertiary/aromatic N) is 3. The molecule has 0 radical (unpaired) electrons. The highest BCUT2D eigenvalue weighted by atomic mass is 16.5. The first kappa shape index (κ1) is 33.0. The Kier molecular flexibility index (Phi) is 8.43. The number of pyridine rings is 2. The highest BCUT2D eigenvalue weighted by Crippen LogP contribution is 2.40. The number of hydrogen-bond acceptors (Lipinski definition) is 3. The summed E-state index contributed by atoms with van der Waals surface area (Å²) in [6, 6.07) is 43.1. The second kappa shape index (κ2) is 12.8.